The van der Waals surface area contributed by atoms with Gasteiger partial charge in [0.2, 0.25) is 0 Å². The first-order valence-electron chi connectivity index (χ1n) is 6.29. The first kappa shape index (κ1) is 5.78. The van der Waals surface area contributed by atoms with Gasteiger partial charge in [-0.1, -0.05) is 0 Å². The Kier molecular flexibility index (Phi) is 0.447. The van der Waals surface area contributed by atoms with Crippen LogP contribution in [0.25, 0.3) is 0 Å². The van der Waals surface area contributed by atoms with Crippen molar-refractivity contribution in [3.05, 3.63) is 0 Å². The Morgan fingerprint density at radius 3 is 1.23 bits per heavy atom. The highest BCUT2D eigenvalue weighted by Crippen LogP contribution is 3.19. The van der Waals surface area contributed by atoms with Crippen LogP contribution < -0.4 is 0 Å². The third-order valence-electron chi connectivity index (χ3n) is 7.52. The molecule has 0 N–H and O–H groups in total. The molecule has 68 valence electrons. The summed E-state index contributed by atoms with van der Waals surface area (Å²) in [6.07, 6.45) is 13.2. The van der Waals surface area contributed by atoms with Crippen LogP contribution in [0.15, 0.2) is 0 Å². The average molecular weight is 172 g/mol. The SMILES string of the molecule is C1CC12CC21C2(CC2)C12CC21CC1. The molecular formula is C13H16. The molecule has 0 nitrogen and oxygen atoms in total. The minimum absolute atomic E-state index is 0.996. The van der Waals surface area contributed by atoms with Crippen LogP contribution in [0.5, 0.6) is 0 Å². The van der Waals surface area contributed by atoms with E-state index < -0.39 is 0 Å². The molecule has 2 unspecified atom stereocenters. The van der Waals surface area contributed by atoms with Crippen molar-refractivity contribution in [2.24, 2.45) is 27.1 Å². The van der Waals surface area contributed by atoms with E-state index in [-0.39, 0.29) is 0 Å². The molecule has 13 heavy (non-hydrogen) atoms. The molecule has 0 radical (unpaired) electrons. The van der Waals surface area contributed by atoms with E-state index in [1.807, 2.05) is 0 Å². The molecule has 0 bridgehead atoms. The van der Waals surface area contributed by atoms with E-state index in [2.05, 4.69) is 0 Å². The molecule has 0 heterocycles. The summed E-state index contributed by atoms with van der Waals surface area (Å²) < 4.78 is 0. The fourth-order valence-corrected chi connectivity index (χ4v) is 6.82. The topological polar surface area (TPSA) is 0 Å². The van der Waals surface area contributed by atoms with E-state index in [0.29, 0.717) is 0 Å². The van der Waals surface area contributed by atoms with Crippen molar-refractivity contribution in [1.82, 2.24) is 0 Å². The molecule has 2 atom stereocenters. The van der Waals surface area contributed by atoms with Crippen LogP contribution in [0.4, 0.5) is 0 Å². The number of rotatable bonds is 0. The van der Waals surface area contributed by atoms with Crippen LogP contribution in [0.1, 0.15) is 51.4 Å². The Bertz CT molecular complexity index is 347. The van der Waals surface area contributed by atoms with Crippen LogP contribution in [-0.4, -0.2) is 0 Å². The average Bonchev–Trinajstić information content (AvgIpc) is 3.01. The molecule has 6 rings (SSSR count). The molecule has 0 heteroatoms. The molecule has 0 aliphatic heterocycles. The van der Waals surface area contributed by atoms with Crippen molar-refractivity contribution in [3.8, 4) is 0 Å². The highest BCUT2D eigenvalue weighted by atomic mass is 15.2. The van der Waals surface area contributed by atoms with Gasteiger partial charge in [-0.25, -0.2) is 0 Å². The molecule has 6 fully saturated rings. The van der Waals surface area contributed by atoms with Crippen molar-refractivity contribution in [1.29, 1.82) is 0 Å². The zero-order valence-electron chi connectivity index (χ0n) is 8.16. The number of fused-ring (bicyclic) bond motifs is 5. The van der Waals surface area contributed by atoms with Gasteiger partial charge in [-0.3, -0.25) is 0 Å². The van der Waals surface area contributed by atoms with E-state index in [0.717, 1.165) is 27.1 Å². The summed E-state index contributed by atoms with van der Waals surface area (Å²) in [5.41, 5.74) is 5.03. The second-order valence-electron chi connectivity index (χ2n) is 7.31. The lowest BCUT2D eigenvalue weighted by atomic mass is 10.1. The summed E-state index contributed by atoms with van der Waals surface area (Å²) in [4.78, 5) is 0. The van der Waals surface area contributed by atoms with Gasteiger partial charge in [0.05, 0.1) is 0 Å². The van der Waals surface area contributed by atoms with Crippen LogP contribution in [0.3, 0.4) is 0 Å². The number of hydrogen-bond donors (Lipinski definition) is 0. The predicted octanol–water partition coefficient (Wildman–Crippen LogP) is 3.12. The fourth-order valence-electron chi connectivity index (χ4n) is 6.82. The smallest absolute Gasteiger partial charge is 0.0106 e. The molecule has 0 amide bonds. The summed E-state index contributed by atoms with van der Waals surface area (Å²) in [6, 6.07) is 0. The van der Waals surface area contributed by atoms with Gasteiger partial charge in [0.15, 0.2) is 0 Å². The van der Waals surface area contributed by atoms with Crippen LogP contribution in [-0.2, 0) is 0 Å². The summed E-state index contributed by atoms with van der Waals surface area (Å²) in [7, 11) is 0. The molecule has 6 aliphatic carbocycles. The van der Waals surface area contributed by atoms with Crippen molar-refractivity contribution in [2.75, 3.05) is 0 Å². The molecule has 0 aromatic carbocycles. The maximum atomic E-state index is 1.70. The Balaban J connectivity index is 1.63. The molecule has 0 aromatic heterocycles. The fraction of sp³-hybridized carbons (Fsp3) is 1.00. The predicted molar refractivity (Wildman–Crippen MR) is 49.1 cm³/mol. The Morgan fingerprint density at radius 2 is 1.00 bits per heavy atom. The standard InChI is InChI=1S/C13H16/c1-2-9(1)7-12(9)11(5-6-11)13(12)8-10(13)3-4-10/h1-8H2. The van der Waals surface area contributed by atoms with Gasteiger partial charge in [0.1, 0.15) is 0 Å². The second kappa shape index (κ2) is 1.01. The van der Waals surface area contributed by atoms with E-state index in [1.165, 1.54) is 0 Å². The second-order valence-corrected chi connectivity index (χ2v) is 7.31. The Morgan fingerprint density at radius 1 is 0.538 bits per heavy atom. The Labute approximate surface area is 79.1 Å². The summed E-state index contributed by atoms with van der Waals surface area (Å²) >= 11 is 0. The quantitative estimate of drug-likeness (QED) is 0.526. The lowest BCUT2D eigenvalue weighted by Crippen LogP contribution is -1.86. The minimum Gasteiger partial charge on any atom is -0.0464 e. The maximum Gasteiger partial charge on any atom is -0.0106 e. The third-order valence-corrected chi connectivity index (χ3v) is 7.52. The van der Waals surface area contributed by atoms with Gasteiger partial charge >= 0.3 is 0 Å². The lowest BCUT2D eigenvalue weighted by Gasteiger charge is -1.89. The van der Waals surface area contributed by atoms with Crippen molar-refractivity contribution >= 4 is 0 Å². The highest BCUT2D eigenvalue weighted by molar-refractivity contribution is 5.60. The summed E-state index contributed by atoms with van der Waals surface area (Å²) in [5, 5.41) is 0. The van der Waals surface area contributed by atoms with Gasteiger partial charge in [-0.15, -0.1) is 0 Å². The Hall–Kier alpha value is 0. The first-order chi connectivity index (χ1) is 6.29. The zero-order chi connectivity index (χ0) is 8.16. The zero-order valence-corrected chi connectivity index (χ0v) is 8.16. The first-order valence-corrected chi connectivity index (χ1v) is 6.29. The summed E-state index contributed by atoms with van der Waals surface area (Å²) in [6.45, 7) is 0. The van der Waals surface area contributed by atoms with Crippen molar-refractivity contribution in [3.63, 3.8) is 0 Å². The highest BCUT2D eigenvalue weighted by Gasteiger charge is 3.13. The van der Waals surface area contributed by atoms with Crippen molar-refractivity contribution in [2.45, 2.75) is 51.4 Å². The largest absolute Gasteiger partial charge is 0.0464 e. The van der Waals surface area contributed by atoms with Crippen LogP contribution in [0, 0.1) is 27.1 Å². The van der Waals surface area contributed by atoms with E-state index >= 15 is 0 Å². The minimum atomic E-state index is 0.996. The molecule has 0 saturated heterocycles. The normalized spacial score (nSPS) is 66.5. The van der Waals surface area contributed by atoms with E-state index in [4.69, 9.17) is 0 Å². The van der Waals surface area contributed by atoms with Gasteiger partial charge in [-0.2, -0.15) is 0 Å². The van der Waals surface area contributed by atoms with Gasteiger partial charge < -0.3 is 0 Å². The lowest BCUT2D eigenvalue weighted by molar-refractivity contribution is 0.568. The third kappa shape index (κ3) is 0.275. The van der Waals surface area contributed by atoms with E-state index in [9.17, 15) is 0 Å². The maximum absolute atomic E-state index is 1.70. The van der Waals surface area contributed by atoms with Crippen molar-refractivity contribution < 1.29 is 0 Å². The summed E-state index contributed by atoms with van der Waals surface area (Å²) in [5.74, 6) is 0. The van der Waals surface area contributed by atoms with E-state index in [1.54, 1.807) is 51.4 Å². The molecule has 0 aromatic rings. The monoisotopic (exact) mass is 172 g/mol. The number of hydrogen-bond acceptors (Lipinski definition) is 0. The van der Waals surface area contributed by atoms with Gasteiger partial charge in [0, 0.05) is 0 Å². The van der Waals surface area contributed by atoms with Crippen LogP contribution in [0.2, 0.25) is 0 Å². The molecule has 6 aliphatic rings. The molecule has 6 saturated carbocycles. The van der Waals surface area contributed by atoms with Crippen LogP contribution >= 0.6 is 0 Å². The van der Waals surface area contributed by atoms with Gasteiger partial charge in [0.25, 0.3) is 0 Å². The molecule has 5 spiro atoms. The molecular weight excluding hydrogens is 156 g/mol. The van der Waals surface area contributed by atoms with Gasteiger partial charge in [-0.05, 0) is 78.4 Å².